The largest absolute Gasteiger partial charge is 0.496 e. The lowest BCUT2D eigenvalue weighted by molar-refractivity contribution is -0.137. The molecule has 3 N–H and O–H groups in total. The van der Waals surface area contributed by atoms with Crippen molar-refractivity contribution in [3.05, 3.63) is 29.8 Å². The van der Waals surface area contributed by atoms with Gasteiger partial charge in [0, 0.05) is 19.2 Å². The van der Waals surface area contributed by atoms with E-state index in [4.69, 9.17) is 14.2 Å². The molecule has 0 radical (unpaired) electrons. The minimum atomic E-state index is -0.536. The van der Waals surface area contributed by atoms with Gasteiger partial charge in [0.05, 0.1) is 32.3 Å². The molecule has 1 aliphatic heterocycles. The minimum absolute atomic E-state index is 0.0383. The Hall–Kier alpha value is -2.16. The molecule has 2 rings (SSSR count). The van der Waals surface area contributed by atoms with Crippen molar-refractivity contribution in [3.8, 4) is 5.75 Å². The highest BCUT2D eigenvalue weighted by atomic mass is 16.5. The lowest BCUT2D eigenvalue weighted by Crippen LogP contribution is -2.52. The average Bonchev–Trinajstić information content (AvgIpc) is 2.68. The third kappa shape index (κ3) is 6.50. The molecule has 1 saturated heterocycles. The molecule has 0 bridgehead atoms. The molecule has 8 nitrogen and oxygen atoms in total. The first kappa shape index (κ1) is 21.1. The maximum absolute atomic E-state index is 12.2. The molecule has 0 unspecified atom stereocenters. The van der Waals surface area contributed by atoms with E-state index >= 15 is 0 Å². The van der Waals surface area contributed by atoms with Crippen molar-refractivity contribution in [2.45, 2.75) is 44.1 Å². The highest BCUT2D eigenvalue weighted by Gasteiger charge is 2.32. The Morgan fingerprint density at radius 3 is 2.70 bits per heavy atom. The second-order valence-corrected chi connectivity index (χ2v) is 6.46. The summed E-state index contributed by atoms with van der Waals surface area (Å²) >= 11 is 0. The highest BCUT2D eigenvalue weighted by Crippen LogP contribution is 2.22. The van der Waals surface area contributed by atoms with E-state index in [1.807, 2.05) is 24.3 Å². The smallest absolute Gasteiger partial charge is 0.246 e. The van der Waals surface area contributed by atoms with E-state index in [9.17, 15) is 14.7 Å². The van der Waals surface area contributed by atoms with Gasteiger partial charge in [-0.15, -0.1) is 0 Å². The van der Waals surface area contributed by atoms with Crippen LogP contribution < -0.4 is 15.4 Å². The summed E-state index contributed by atoms with van der Waals surface area (Å²) in [6.45, 7) is 0.107. The van der Waals surface area contributed by atoms with Crippen molar-refractivity contribution < 1.29 is 28.9 Å². The van der Waals surface area contributed by atoms with Crippen LogP contribution >= 0.6 is 0 Å². The number of nitrogens with one attached hydrogen (secondary N) is 2. The average molecular weight is 380 g/mol. The summed E-state index contributed by atoms with van der Waals surface area (Å²) in [4.78, 5) is 23.9. The van der Waals surface area contributed by atoms with Crippen molar-refractivity contribution in [2.24, 2.45) is 0 Å². The van der Waals surface area contributed by atoms with Gasteiger partial charge in [0.15, 0.2) is 0 Å². The third-order valence-corrected chi connectivity index (χ3v) is 4.50. The summed E-state index contributed by atoms with van der Waals surface area (Å²) in [6.07, 6.45) is 0.619. The van der Waals surface area contributed by atoms with Crippen molar-refractivity contribution in [1.82, 2.24) is 10.6 Å². The molecule has 1 aromatic carbocycles. The molecule has 150 valence electrons. The summed E-state index contributed by atoms with van der Waals surface area (Å²) in [5.41, 5.74) is 0.895. The molecular formula is C19H28N2O6. The van der Waals surface area contributed by atoms with E-state index in [2.05, 4.69) is 10.6 Å². The van der Waals surface area contributed by atoms with Crippen LogP contribution in [-0.4, -0.2) is 62.6 Å². The highest BCUT2D eigenvalue weighted by molar-refractivity contribution is 5.77. The second kappa shape index (κ2) is 10.9. The summed E-state index contributed by atoms with van der Waals surface area (Å²) < 4.78 is 15.9. The quantitative estimate of drug-likeness (QED) is 0.572. The van der Waals surface area contributed by atoms with Crippen LogP contribution in [0.2, 0.25) is 0 Å². The number of amides is 2. The van der Waals surface area contributed by atoms with Crippen molar-refractivity contribution >= 4 is 11.8 Å². The zero-order chi connectivity index (χ0) is 19.6. The Kier molecular flexibility index (Phi) is 8.50. The van der Waals surface area contributed by atoms with Crippen LogP contribution in [0.4, 0.5) is 0 Å². The SMILES string of the molecule is COCC(=O)N[C@@H]1CC[C@H](CC(=O)NCc2ccccc2OC)O[C@@H]1CO. The summed E-state index contributed by atoms with van der Waals surface area (Å²) in [5, 5.41) is 15.2. The molecular weight excluding hydrogens is 352 g/mol. The molecule has 1 aromatic rings. The van der Waals surface area contributed by atoms with Crippen molar-refractivity contribution in [3.63, 3.8) is 0 Å². The first-order valence-corrected chi connectivity index (χ1v) is 9.00. The Labute approximate surface area is 159 Å². The van der Waals surface area contributed by atoms with Crippen LogP contribution in [0.5, 0.6) is 5.75 Å². The van der Waals surface area contributed by atoms with Crippen LogP contribution in [0, 0.1) is 0 Å². The molecule has 2 amide bonds. The molecule has 3 atom stereocenters. The molecule has 0 aromatic heterocycles. The third-order valence-electron chi connectivity index (χ3n) is 4.50. The molecule has 27 heavy (non-hydrogen) atoms. The topological polar surface area (TPSA) is 106 Å². The maximum Gasteiger partial charge on any atom is 0.246 e. The van der Waals surface area contributed by atoms with E-state index in [1.54, 1.807) is 7.11 Å². The van der Waals surface area contributed by atoms with Crippen LogP contribution in [0.15, 0.2) is 24.3 Å². The normalized spacial score (nSPS) is 22.1. The van der Waals surface area contributed by atoms with E-state index < -0.39 is 6.10 Å². The minimum Gasteiger partial charge on any atom is -0.496 e. The Bertz CT molecular complexity index is 624. The van der Waals surface area contributed by atoms with Crippen LogP contribution in [0.25, 0.3) is 0 Å². The predicted octanol–water partition coefficient (Wildman–Crippen LogP) is 0.373. The molecule has 0 saturated carbocycles. The second-order valence-electron chi connectivity index (χ2n) is 6.46. The van der Waals surface area contributed by atoms with E-state index in [-0.39, 0.29) is 43.6 Å². The molecule has 1 aliphatic rings. The Morgan fingerprint density at radius 1 is 1.22 bits per heavy atom. The van der Waals surface area contributed by atoms with Gasteiger partial charge >= 0.3 is 0 Å². The number of carbonyl (C=O) groups excluding carboxylic acids is 2. The van der Waals surface area contributed by atoms with Gasteiger partial charge in [-0.2, -0.15) is 0 Å². The number of benzene rings is 1. The van der Waals surface area contributed by atoms with Crippen LogP contribution in [0.3, 0.4) is 0 Å². The Morgan fingerprint density at radius 2 is 2.00 bits per heavy atom. The van der Waals surface area contributed by atoms with Gasteiger partial charge in [-0.05, 0) is 18.9 Å². The fourth-order valence-corrected chi connectivity index (χ4v) is 3.15. The van der Waals surface area contributed by atoms with Gasteiger partial charge in [-0.3, -0.25) is 9.59 Å². The summed E-state index contributed by atoms with van der Waals surface area (Å²) in [5.74, 6) is 0.337. The number of para-hydroxylation sites is 1. The summed E-state index contributed by atoms with van der Waals surface area (Å²) in [7, 11) is 3.04. The number of methoxy groups -OCH3 is 2. The van der Waals surface area contributed by atoms with Crippen molar-refractivity contribution in [2.75, 3.05) is 27.4 Å². The monoisotopic (exact) mass is 380 g/mol. The number of ether oxygens (including phenoxy) is 3. The molecule has 0 aliphatic carbocycles. The van der Waals surface area contributed by atoms with Crippen LogP contribution in [0.1, 0.15) is 24.8 Å². The van der Waals surface area contributed by atoms with Gasteiger partial charge in [-0.25, -0.2) is 0 Å². The van der Waals surface area contributed by atoms with Gasteiger partial charge in [0.25, 0.3) is 0 Å². The lowest BCUT2D eigenvalue weighted by Gasteiger charge is -2.35. The van der Waals surface area contributed by atoms with Gasteiger partial charge < -0.3 is 30.0 Å². The number of aliphatic hydroxyl groups is 1. The maximum atomic E-state index is 12.2. The fraction of sp³-hybridized carbons (Fsp3) is 0.579. The number of aliphatic hydroxyl groups excluding tert-OH is 1. The first-order chi connectivity index (χ1) is 13.1. The van der Waals surface area contributed by atoms with E-state index in [1.165, 1.54) is 7.11 Å². The number of hydrogen-bond donors (Lipinski definition) is 3. The zero-order valence-corrected chi connectivity index (χ0v) is 15.8. The van der Waals surface area contributed by atoms with Gasteiger partial charge in [0.1, 0.15) is 18.5 Å². The predicted molar refractivity (Wildman–Crippen MR) is 98.2 cm³/mol. The first-order valence-electron chi connectivity index (χ1n) is 9.00. The number of carbonyl (C=O) groups is 2. The Balaban J connectivity index is 1.80. The zero-order valence-electron chi connectivity index (χ0n) is 15.8. The fourth-order valence-electron chi connectivity index (χ4n) is 3.15. The van der Waals surface area contributed by atoms with E-state index in [0.717, 1.165) is 11.3 Å². The van der Waals surface area contributed by atoms with Gasteiger partial charge in [0.2, 0.25) is 11.8 Å². The summed E-state index contributed by atoms with van der Waals surface area (Å²) in [6, 6.07) is 7.21. The molecule has 1 fully saturated rings. The molecule has 1 heterocycles. The number of hydrogen-bond acceptors (Lipinski definition) is 6. The van der Waals surface area contributed by atoms with E-state index in [0.29, 0.717) is 19.4 Å². The molecule has 0 spiro atoms. The van der Waals surface area contributed by atoms with Crippen molar-refractivity contribution in [1.29, 1.82) is 0 Å². The molecule has 8 heteroatoms. The number of rotatable bonds is 9. The standard InChI is InChI=1S/C19H28N2O6/c1-25-12-19(24)21-15-8-7-14(27-17(15)11-22)9-18(23)20-10-13-5-3-4-6-16(13)26-2/h3-6,14-15,17,22H,7-12H2,1-2H3,(H,20,23)(H,21,24)/t14-,15-,17-/m1/s1. The van der Waals surface area contributed by atoms with Crippen LogP contribution in [-0.2, 0) is 25.6 Å². The lowest BCUT2D eigenvalue weighted by atomic mass is 9.97. The van der Waals surface area contributed by atoms with Gasteiger partial charge in [-0.1, -0.05) is 18.2 Å².